The fourth-order valence-electron chi connectivity index (χ4n) is 3.78. The molecule has 0 aliphatic carbocycles. The lowest BCUT2D eigenvalue weighted by Crippen LogP contribution is -2.13. The summed E-state index contributed by atoms with van der Waals surface area (Å²) in [7, 11) is 0. The first-order valence-electron chi connectivity index (χ1n) is 9.80. The summed E-state index contributed by atoms with van der Waals surface area (Å²) in [6, 6.07) is 21.8. The Morgan fingerprint density at radius 3 is 2.61 bits per heavy atom. The largest absolute Gasteiger partial charge is 0.388 e. The fraction of sp³-hybridized carbons (Fsp3) is 0.250. The number of benzene rings is 2. The molecule has 28 heavy (non-hydrogen) atoms. The Balaban J connectivity index is 1.61. The van der Waals surface area contributed by atoms with Crippen LogP contribution in [0.15, 0.2) is 66.7 Å². The second-order valence-electron chi connectivity index (χ2n) is 7.23. The molecule has 1 amide bonds. The van der Waals surface area contributed by atoms with Crippen molar-refractivity contribution >= 4 is 11.6 Å². The molecule has 0 radical (unpaired) electrons. The van der Waals surface area contributed by atoms with E-state index in [1.54, 1.807) is 0 Å². The maximum atomic E-state index is 12.4. The quantitative estimate of drug-likeness (QED) is 0.649. The van der Waals surface area contributed by atoms with Gasteiger partial charge in [-0.1, -0.05) is 55.5 Å². The van der Waals surface area contributed by atoms with Crippen LogP contribution < -0.4 is 5.32 Å². The van der Waals surface area contributed by atoms with Gasteiger partial charge in [0.2, 0.25) is 5.91 Å². The zero-order valence-electron chi connectivity index (χ0n) is 15.9. The summed E-state index contributed by atoms with van der Waals surface area (Å²) in [6.45, 7) is 1.97. The predicted octanol–water partition coefficient (Wildman–Crippen LogP) is 4.86. The molecule has 2 heterocycles. The SMILES string of the molecule is CC[C@@H](O)c1cc(CCC2C(=O)Nc3ccccc32)nc(-c2ccccc2)c1. The molecule has 2 N–H and O–H groups in total. The molecule has 1 aromatic heterocycles. The fourth-order valence-corrected chi connectivity index (χ4v) is 3.78. The summed E-state index contributed by atoms with van der Waals surface area (Å²) in [5, 5.41) is 13.3. The molecule has 3 aromatic rings. The number of nitrogens with one attached hydrogen (secondary N) is 1. The third-order valence-corrected chi connectivity index (χ3v) is 5.34. The molecule has 1 unspecified atom stereocenters. The Labute approximate surface area is 165 Å². The highest BCUT2D eigenvalue weighted by molar-refractivity contribution is 6.02. The van der Waals surface area contributed by atoms with E-state index in [9.17, 15) is 9.90 Å². The summed E-state index contributed by atoms with van der Waals surface area (Å²) in [6.07, 6.45) is 1.50. The van der Waals surface area contributed by atoms with Gasteiger partial charge in [0.25, 0.3) is 0 Å². The van der Waals surface area contributed by atoms with Crippen molar-refractivity contribution in [1.82, 2.24) is 4.98 Å². The molecule has 2 aromatic carbocycles. The highest BCUT2D eigenvalue weighted by atomic mass is 16.3. The number of anilines is 1. The van der Waals surface area contributed by atoms with Crippen LogP contribution in [0, 0.1) is 0 Å². The lowest BCUT2D eigenvalue weighted by Gasteiger charge is -2.14. The van der Waals surface area contributed by atoms with Crippen molar-refractivity contribution in [2.45, 2.75) is 38.2 Å². The molecular weight excluding hydrogens is 348 g/mol. The van der Waals surface area contributed by atoms with Crippen LogP contribution in [-0.2, 0) is 11.2 Å². The zero-order chi connectivity index (χ0) is 19.5. The highest BCUT2D eigenvalue weighted by Gasteiger charge is 2.29. The van der Waals surface area contributed by atoms with Crippen LogP contribution in [0.4, 0.5) is 5.69 Å². The molecule has 1 aliphatic heterocycles. The third kappa shape index (κ3) is 3.69. The van der Waals surface area contributed by atoms with E-state index in [2.05, 4.69) is 5.32 Å². The number of amides is 1. The molecule has 0 saturated heterocycles. The van der Waals surface area contributed by atoms with E-state index < -0.39 is 6.10 Å². The Hall–Kier alpha value is -2.98. The van der Waals surface area contributed by atoms with Crippen molar-refractivity contribution in [2.24, 2.45) is 0 Å². The van der Waals surface area contributed by atoms with Crippen molar-refractivity contribution in [2.75, 3.05) is 5.32 Å². The van der Waals surface area contributed by atoms with Gasteiger partial charge in [-0.2, -0.15) is 0 Å². The second kappa shape index (κ2) is 7.95. The maximum absolute atomic E-state index is 12.4. The summed E-state index contributed by atoms with van der Waals surface area (Å²) in [5.74, 6) is -0.104. The Morgan fingerprint density at radius 1 is 1.07 bits per heavy atom. The lowest BCUT2D eigenvalue weighted by atomic mass is 9.94. The number of para-hydroxylation sites is 1. The number of carbonyl (C=O) groups excluding carboxylic acids is 1. The van der Waals surface area contributed by atoms with Crippen LogP contribution in [0.3, 0.4) is 0 Å². The normalized spacial score (nSPS) is 16.5. The van der Waals surface area contributed by atoms with Crippen molar-refractivity contribution in [3.63, 3.8) is 0 Å². The Bertz CT molecular complexity index is 985. The van der Waals surface area contributed by atoms with E-state index in [1.807, 2.05) is 73.7 Å². The van der Waals surface area contributed by atoms with Gasteiger partial charge in [-0.05, 0) is 48.6 Å². The number of carbonyl (C=O) groups is 1. The number of hydrogen-bond donors (Lipinski definition) is 2. The number of fused-ring (bicyclic) bond motifs is 1. The minimum Gasteiger partial charge on any atom is -0.388 e. The molecule has 0 spiro atoms. The number of aromatic nitrogens is 1. The molecule has 2 atom stereocenters. The number of hydrogen-bond acceptors (Lipinski definition) is 3. The average Bonchev–Trinajstić information content (AvgIpc) is 3.07. The van der Waals surface area contributed by atoms with E-state index >= 15 is 0 Å². The molecule has 1 aliphatic rings. The monoisotopic (exact) mass is 372 g/mol. The number of nitrogens with zero attached hydrogens (tertiary/aromatic N) is 1. The van der Waals surface area contributed by atoms with E-state index in [1.165, 1.54) is 0 Å². The first-order chi connectivity index (χ1) is 13.7. The van der Waals surface area contributed by atoms with Gasteiger partial charge < -0.3 is 10.4 Å². The van der Waals surface area contributed by atoms with Crippen LogP contribution in [0.2, 0.25) is 0 Å². The smallest absolute Gasteiger partial charge is 0.232 e. The van der Waals surface area contributed by atoms with E-state index in [0.717, 1.165) is 33.8 Å². The summed E-state index contributed by atoms with van der Waals surface area (Å²) >= 11 is 0. The van der Waals surface area contributed by atoms with Crippen LogP contribution in [0.5, 0.6) is 0 Å². The number of aliphatic hydroxyl groups is 1. The number of rotatable bonds is 6. The summed E-state index contributed by atoms with van der Waals surface area (Å²) in [4.78, 5) is 17.2. The van der Waals surface area contributed by atoms with Gasteiger partial charge in [-0.25, -0.2) is 0 Å². The molecule has 4 nitrogen and oxygen atoms in total. The minimum atomic E-state index is -0.514. The van der Waals surface area contributed by atoms with Gasteiger partial charge in [-0.3, -0.25) is 9.78 Å². The van der Waals surface area contributed by atoms with Crippen LogP contribution in [0.1, 0.15) is 48.6 Å². The molecule has 0 bridgehead atoms. The van der Waals surface area contributed by atoms with E-state index in [4.69, 9.17) is 4.98 Å². The van der Waals surface area contributed by atoms with Crippen LogP contribution >= 0.6 is 0 Å². The first-order valence-corrected chi connectivity index (χ1v) is 9.80. The molecule has 4 heteroatoms. The molecular formula is C24H24N2O2. The molecule has 0 saturated carbocycles. The van der Waals surface area contributed by atoms with Gasteiger partial charge in [0.1, 0.15) is 0 Å². The Kier molecular flexibility index (Phi) is 5.22. The van der Waals surface area contributed by atoms with Crippen molar-refractivity contribution < 1.29 is 9.90 Å². The Morgan fingerprint density at radius 2 is 1.82 bits per heavy atom. The van der Waals surface area contributed by atoms with E-state index in [-0.39, 0.29) is 11.8 Å². The summed E-state index contributed by atoms with van der Waals surface area (Å²) in [5.41, 5.74) is 5.63. The standard InChI is InChI=1S/C24H24N2O2/c1-2-23(27)17-14-18(25-22(15-17)16-8-4-3-5-9-16)12-13-20-19-10-6-7-11-21(19)26-24(20)28/h3-11,14-15,20,23,27H,2,12-13H2,1H3,(H,26,28)/t20?,23-/m1/s1. The molecule has 0 fully saturated rings. The van der Waals surface area contributed by atoms with Crippen molar-refractivity contribution in [1.29, 1.82) is 0 Å². The minimum absolute atomic E-state index is 0.0502. The molecule has 142 valence electrons. The number of aryl methyl sites for hydroxylation is 1. The third-order valence-electron chi connectivity index (χ3n) is 5.34. The van der Waals surface area contributed by atoms with Crippen LogP contribution in [0.25, 0.3) is 11.3 Å². The van der Waals surface area contributed by atoms with E-state index in [0.29, 0.717) is 19.3 Å². The highest BCUT2D eigenvalue weighted by Crippen LogP contribution is 2.35. The topological polar surface area (TPSA) is 62.2 Å². The maximum Gasteiger partial charge on any atom is 0.232 e. The van der Waals surface area contributed by atoms with Crippen molar-refractivity contribution in [3.8, 4) is 11.3 Å². The van der Waals surface area contributed by atoms with Crippen molar-refractivity contribution in [3.05, 3.63) is 83.6 Å². The number of aliphatic hydroxyl groups excluding tert-OH is 1. The van der Waals surface area contributed by atoms with Gasteiger partial charge in [-0.15, -0.1) is 0 Å². The first kappa shape index (κ1) is 18.4. The van der Waals surface area contributed by atoms with Gasteiger partial charge in [0.05, 0.1) is 17.7 Å². The average molecular weight is 372 g/mol. The van der Waals surface area contributed by atoms with Crippen LogP contribution in [-0.4, -0.2) is 16.0 Å². The zero-order valence-corrected chi connectivity index (χ0v) is 15.9. The van der Waals surface area contributed by atoms with Gasteiger partial charge >= 0.3 is 0 Å². The lowest BCUT2D eigenvalue weighted by molar-refractivity contribution is -0.117. The summed E-state index contributed by atoms with van der Waals surface area (Å²) < 4.78 is 0. The number of pyridine rings is 1. The second-order valence-corrected chi connectivity index (χ2v) is 7.23. The van der Waals surface area contributed by atoms with Gasteiger partial charge in [0, 0.05) is 16.9 Å². The van der Waals surface area contributed by atoms with Gasteiger partial charge in [0.15, 0.2) is 0 Å². The predicted molar refractivity (Wildman–Crippen MR) is 111 cm³/mol. The molecule has 4 rings (SSSR count).